The first-order valence-electron chi connectivity index (χ1n) is 8.92. The van der Waals surface area contributed by atoms with E-state index in [-0.39, 0.29) is 0 Å². The number of rotatable bonds is 4. The molecule has 3 heteroatoms. The van der Waals surface area contributed by atoms with Crippen LogP contribution in [0.15, 0.2) is 53.1 Å². The normalized spacial score (nSPS) is 11.7. The van der Waals surface area contributed by atoms with E-state index in [4.69, 9.17) is 9.40 Å². The van der Waals surface area contributed by atoms with Crippen LogP contribution in [0.25, 0.3) is 33.3 Å². The molecule has 0 aliphatic heterocycles. The lowest BCUT2D eigenvalue weighted by molar-refractivity contribution is 0.621. The van der Waals surface area contributed by atoms with Gasteiger partial charge < -0.3 is 4.42 Å². The number of aryl methyl sites for hydroxylation is 1. The number of nitrogens with zero attached hydrogens (tertiary/aromatic N) is 2. The van der Waals surface area contributed by atoms with Gasteiger partial charge >= 0.3 is 0 Å². The van der Waals surface area contributed by atoms with Crippen LogP contribution in [-0.4, -0.2) is 9.97 Å². The van der Waals surface area contributed by atoms with Crippen molar-refractivity contribution in [2.45, 2.75) is 33.6 Å². The Morgan fingerprint density at radius 2 is 1.92 bits per heavy atom. The highest BCUT2D eigenvalue weighted by Gasteiger charge is 2.14. The molecule has 126 valence electrons. The van der Waals surface area contributed by atoms with E-state index in [0.717, 1.165) is 46.1 Å². The molecule has 0 bridgehead atoms. The zero-order chi connectivity index (χ0) is 17.4. The second kappa shape index (κ2) is 6.32. The minimum atomic E-state index is 0.575. The number of pyridine rings is 2. The molecule has 0 amide bonds. The number of aromatic nitrogens is 2. The fourth-order valence-corrected chi connectivity index (χ4v) is 3.29. The van der Waals surface area contributed by atoms with E-state index in [1.807, 2.05) is 6.20 Å². The standard InChI is InChI=1S/C22H22N2O/c1-4-15-10-11-23-20(13-15)19-7-5-6-17-18-9-8-16(12-14(2)3)24-22(18)25-21(17)19/h5-11,13-14H,4,12H2,1-3H3. The van der Waals surface area contributed by atoms with Crippen molar-refractivity contribution in [3.63, 3.8) is 0 Å². The number of benzene rings is 1. The zero-order valence-corrected chi connectivity index (χ0v) is 14.9. The smallest absolute Gasteiger partial charge is 0.227 e. The number of para-hydroxylation sites is 1. The fraction of sp³-hybridized carbons (Fsp3) is 0.273. The molecule has 1 aromatic carbocycles. The number of furan rings is 1. The van der Waals surface area contributed by atoms with Crippen LogP contribution >= 0.6 is 0 Å². The molecule has 0 radical (unpaired) electrons. The van der Waals surface area contributed by atoms with Gasteiger partial charge in [0.1, 0.15) is 5.58 Å². The molecule has 0 fully saturated rings. The third-order valence-corrected chi connectivity index (χ3v) is 4.55. The molecule has 0 saturated carbocycles. The Morgan fingerprint density at radius 3 is 2.72 bits per heavy atom. The molecule has 0 aliphatic carbocycles. The van der Waals surface area contributed by atoms with Gasteiger partial charge in [-0.2, -0.15) is 0 Å². The predicted molar refractivity (Wildman–Crippen MR) is 103 cm³/mol. The predicted octanol–water partition coefficient (Wildman–Crippen LogP) is 5.80. The summed E-state index contributed by atoms with van der Waals surface area (Å²) in [5, 5.41) is 2.16. The maximum absolute atomic E-state index is 6.18. The maximum atomic E-state index is 6.18. The minimum Gasteiger partial charge on any atom is -0.437 e. The van der Waals surface area contributed by atoms with Crippen molar-refractivity contribution in [3.05, 3.63) is 59.9 Å². The minimum absolute atomic E-state index is 0.575. The first-order chi connectivity index (χ1) is 12.2. The summed E-state index contributed by atoms with van der Waals surface area (Å²) < 4.78 is 6.18. The van der Waals surface area contributed by atoms with E-state index in [0.29, 0.717) is 11.6 Å². The highest BCUT2D eigenvalue weighted by molar-refractivity contribution is 6.08. The third kappa shape index (κ3) is 2.91. The van der Waals surface area contributed by atoms with Crippen LogP contribution in [0.2, 0.25) is 0 Å². The van der Waals surface area contributed by atoms with Gasteiger partial charge in [0.15, 0.2) is 0 Å². The van der Waals surface area contributed by atoms with Gasteiger partial charge in [-0.25, -0.2) is 4.98 Å². The molecule has 4 rings (SSSR count). The van der Waals surface area contributed by atoms with E-state index in [1.54, 1.807) is 0 Å². The number of fused-ring (bicyclic) bond motifs is 3. The Bertz CT molecular complexity index is 1050. The van der Waals surface area contributed by atoms with Gasteiger partial charge in [0.05, 0.1) is 5.69 Å². The van der Waals surface area contributed by atoms with E-state index >= 15 is 0 Å². The van der Waals surface area contributed by atoms with Crippen molar-refractivity contribution in [1.29, 1.82) is 0 Å². The number of hydrogen-bond donors (Lipinski definition) is 0. The van der Waals surface area contributed by atoms with Gasteiger partial charge in [0, 0.05) is 28.2 Å². The maximum Gasteiger partial charge on any atom is 0.227 e. The molecule has 0 aliphatic rings. The van der Waals surface area contributed by atoms with Crippen LogP contribution in [0.3, 0.4) is 0 Å². The Kier molecular flexibility index (Phi) is 4.00. The Hall–Kier alpha value is -2.68. The average molecular weight is 330 g/mol. The van der Waals surface area contributed by atoms with Crippen molar-refractivity contribution < 1.29 is 4.42 Å². The zero-order valence-electron chi connectivity index (χ0n) is 14.9. The van der Waals surface area contributed by atoms with Crippen LogP contribution in [0.5, 0.6) is 0 Å². The molecule has 25 heavy (non-hydrogen) atoms. The second-order valence-electron chi connectivity index (χ2n) is 6.94. The molecule has 0 unspecified atom stereocenters. The second-order valence-corrected chi connectivity index (χ2v) is 6.94. The van der Waals surface area contributed by atoms with Crippen LogP contribution in [0, 0.1) is 5.92 Å². The van der Waals surface area contributed by atoms with Gasteiger partial charge in [-0.15, -0.1) is 0 Å². The third-order valence-electron chi connectivity index (χ3n) is 4.55. The van der Waals surface area contributed by atoms with E-state index in [9.17, 15) is 0 Å². The molecule has 4 aromatic rings. The Balaban J connectivity index is 1.91. The van der Waals surface area contributed by atoms with Gasteiger partial charge in [0.2, 0.25) is 5.71 Å². The molecule has 3 heterocycles. The lowest BCUT2D eigenvalue weighted by atomic mass is 10.0. The summed E-state index contributed by atoms with van der Waals surface area (Å²) in [6.45, 7) is 6.56. The fourth-order valence-electron chi connectivity index (χ4n) is 3.29. The molecule has 3 aromatic heterocycles. The van der Waals surface area contributed by atoms with Crippen molar-refractivity contribution >= 4 is 22.1 Å². The summed E-state index contributed by atoms with van der Waals surface area (Å²) in [7, 11) is 0. The first-order valence-corrected chi connectivity index (χ1v) is 8.92. The summed E-state index contributed by atoms with van der Waals surface area (Å²) in [5.41, 5.74) is 5.91. The van der Waals surface area contributed by atoms with Crippen molar-refractivity contribution in [2.75, 3.05) is 0 Å². The molecule has 0 atom stereocenters. The molecule has 0 saturated heterocycles. The summed E-state index contributed by atoms with van der Waals surface area (Å²) in [5.74, 6) is 0.575. The summed E-state index contributed by atoms with van der Waals surface area (Å²) in [6, 6.07) is 14.7. The van der Waals surface area contributed by atoms with Crippen LogP contribution < -0.4 is 0 Å². The summed E-state index contributed by atoms with van der Waals surface area (Å²) in [6.07, 6.45) is 3.82. The van der Waals surface area contributed by atoms with Gasteiger partial charge in [-0.1, -0.05) is 32.9 Å². The van der Waals surface area contributed by atoms with Gasteiger partial charge in [-0.05, 0) is 54.7 Å². The quantitative estimate of drug-likeness (QED) is 0.474. The van der Waals surface area contributed by atoms with Crippen LogP contribution in [-0.2, 0) is 12.8 Å². The molecule has 0 N–H and O–H groups in total. The Labute approximate surface area is 147 Å². The van der Waals surface area contributed by atoms with Crippen LogP contribution in [0.1, 0.15) is 32.0 Å². The van der Waals surface area contributed by atoms with E-state index in [2.05, 4.69) is 68.2 Å². The largest absolute Gasteiger partial charge is 0.437 e. The lowest BCUT2D eigenvalue weighted by Gasteiger charge is -2.03. The molecular weight excluding hydrogens is 308 g/mol. The van der Waals surface area contributed by atoms with E-state index < -0.39 is 0 Å². The number of hydrogen-bond acceptors (Lipinski definition) is 3. The van der Waals surface area contributed by atoms with Crippen molar-refractivity contribution in [2.24, 2.45) is 5.92 Å². The molecule has 3 nitrogen and oxygen atoms in total. The van der Waals surface area contributed by atoms with E-state index in [1.165, 1.54) is 5.56 Å². The van der Waals surface area contributed by atoms with Gasteiger partial charge in [-0.3, -0.25) is 4.98 Å². The lowest BCUT2D eigenvalue weighted by Crippen LogP contribution is -1.96. The highest BCUT2D eigenvalue weighted by Crippen LogP contribution is 2.34. The molecule has 0 spiro atoms. The Morgan fingerprint density at radius 1 is 1.04 bits per heavy atom. The summed E-state index contributed by atoms with van der Waals surface area (Å²) >= 11 is 0. The van der Waals surface area contributed by atoms with Crippen molar-refractivity contribution in [1.82, 2.24) is 9.97 Å². The van der Waals surface area contributed by atoms with Gasteiger partial charge in [0.25, 0.3) is 0 Å². The van der Waals surface area contributed by atoms with Crippen LogP contribution in [0.4, 0.5) is 0 Å². The first kappa shape index (κ1) is 15.8. The highest BCUT2D eigenvalue weighted by atomic mass is 16.3. The van der Waals surface area contributed by atoms with Crippen molar-refractivity contribution in [3.8, 4) is 11.3 Å². The SMILES string of the molecule is CCc1ccnc(-c2cccc3c2oc2nc(CC(C)C)ccc23)c1. The average Bonchev–Trinajstić information content (AvgIpc) is 2.99. The topological polar surface area (TPSA) is 38.9 Å². The monoisotopic (exact) mass is 330 g/mol. The summed E-state index contributed by atoms with van der Waals surface area (Å²) in [4.78, 5) is 9.29. The molecular formula is C22H22N2O.